The molecule has 29 heavy (non-hydrogen) atoms. The Morgan fingerprint density at radius 1 is 0.931 bits per heavy atom. The van der Waals surface area contributed by atoms with E-state index in [0.717, 1.165) is 0 Å². The summed E-state index contributed by atoms with van der Waals surface area (Å²) in [6.07, 6.45) is 6.46. The van der Waals surface area contributed by atoms with Crippen LogP contribution < -0.4 is 4.74 Å². The zero-order chi connectivity index (χ0) is 21.8. The van der Waals surface area contributed by atoms with E-state index in [-0.39, 0.29) is 22.2 Å². The van der Waals surface area contributed by atoms with Crippen molar-refractivity contribution in [2.75, 3.05) is 32.8 Å². The van der Waals surface area contributed by atoms with Crippen LogP contribution in [0.1, 0.15) is 34.6 Å². The van der Waals surface area contributed by atoms with Crippen LogP contribution in [0.4, 0.5) is 0 Å². The molecule has 0 unspecified atom stereocenters. The van der Waals surface area contributed by atoms with Gasteiger partial charge in [0.15, 0.2) is 10.3 Å². The van der Waals surface area contributed by atoms with Gasteiger partial charge in [-0.15, -0.1) is 0 Å². The number of esters is 2. The molecule has 0 saturated carbocycles. The summed E-state index contributed by atoms with van der Waals surface area (Å²) in [6.45, 7) is 4.08. The number of hydrogen-bond acceptors (Lipinski definition) is 11. The zero-order valence-corrected chi connectivity index (χ0v) is 19.0. The van der Waals surface area contributed by atoms with Gasteiger partial charge in [-0.2, -0.15) is 4.98 Å². The van der Waals surface area contributed by atoms with Crippen LogP contribution in [0.3, 0.4) is 0 Å². The number of nitrogens with zero attached hydrogens (tertiary/aromatic N) is 4. The number of rotatable bonds is 7. The average Bonchev–Trinajstić information content (AvgIpc) is 2.73. The van der Waals surface area contributed by atoms with E-state index in [0.29, 0.717) is 23.5 Å². The van der Waals surface area contributed by atoms with Crippen LogP contribution in [0.2, 0.25) is 5.15 Å². The first-order chi connectivity index (χ1) is 13.9. The van der Waals surface area contributed by atoms with Crippen LogP contribution in [0, 0.1) is 0 Å². The molecule has 0 saturated heterocycles. The maximum Gasteiger partial charge on any atom is 0.345 e. The predicted molar refractivity (Wildman–Crippen MR) is 111 cm³/mol. The van der Waals surface area contributed by atoms with Gasteiger partial charge in [-0.25, -0.2) is 24.5 Å². The Bertz CT molecular complexity index is 841. The van der Waals surface area contributed by atoms with Gasteiger partial charge >= 0.3 is 11.9 Å². The second-order valence-corrected chi connectivity index (χ2v) is 6.69. The molecule has 0 aliphatic carbocycles. The Balaban J connectivity index is 0.000000291. The first-order valence-corrected chi connectivity index (χ1v) is 11.1. The highest BCUT2D eigenvalue weighted by molar-refractivity contribution is 7.98. The van der Waals surface area contributed by atoms with E-state index in [4.69, 9.17) is 25.8 Å². The summed E-state index contributed by atoms with van der Waals surface area (Å²) in [5.41, 5.74) is 0.448. The first kappa shape index (κ1) is 24.9. The van der Waals surface area contributed by atoms with Crippen molar-refractivity contribution in [2.24, 2.45) is 0 Å². The minimum atomic E-state index is -0.495. The third-order valence-corrected chi connectivity index (χ3v) is 4.41. The molecular formula is C17H21ClN4O5S2. The molecule has 2 aromatic heterocycles. The van der Waals surface area contributed by atoms with E-state index in [9.17, 15) is 9.59 Å². The van der Waals surface area contributed by atoms with E-state index in [2.05, 4.69) is 19.9 Å². The average molecular weight is 461 g/mol. The molecular weight excluding hydrogens is 440 g/mol. The van der Waals surface area contributed by atoms with Gasteiger partial charge in [-0.3, -0.25) is 0 Å². The number of thioether (sulfide) groups is 2. The number of halogens is 1. The van der Waals surface area contributed by atoms with Crippen molar-refractivity contribution >= 4 is 47.1 Å². The third-order valence-electron chi connectivity index (χ3n) is 3.00. The van der Waals surface area contributed by atoms with Gasteiger partial charge in [-0.1, -0.05) is 35.1 Å². The Morgan fingerprint density at radius 3 is 1.86 bits per heavy atom. The molecule has 0 amide bonds. The summed E-state index contributed by atoms with van der Waals surface area (Å²) in [7, 11) is 1.45. The molecule has 0 bridgehead atoms. The van der Waals surface area contributed by atoms with Crippen LogP contribution in [0.15, 0.2) is 22.7 Å². The minimum Gasteiger partial charge on any atom is -0.480 e. The van der Waals surface area contributed by atoms with Crippen molar-refractivity contribution in [1.82, 2.24) is 19.9 Å². The van der Waals surface area contributed by atoms with Gasteiger partial charge in [0.25, 0.3) is 0 Å². The summed E-state index contributed by atoms with van der Waals surface area (Å²) in [6, 6.07) is 0. The molecule has 0 spiro atoms. The quantitative estimate of drug-likeness (QED) is 0.262. The first-order valence-electron chi connectivity index (χ1n) is 8.27. The number of aromatic nitrogens is 4. The molecule has 9 nitrogen and oxygen atoms in total. The fourth-order valence-electron chi connectivity index (χ4n) is 1.74. The molecule has 0 aliphatic heterocycles. The molecule has 0 N–H and O–H groups in total. The Kier molecular flexibility index (Phi) is 11.3. The largest absolute Gasteiger partial charge is 0.480 e. The molecule has 0 fully saturated rings. The maximum absolute atomic E-state index is 11.4. The lowest BCUT2D eigenvalue weighted by Crippen LogP contribution is -2.09. The number of methoxy groups -OCH3 is 1. The zero-order valence-electron chi connectivity index (χ0n) is 16.6. The van der Waals surface area contributed by atoms with Gasteiger partial charge in [0, 0.05) is 12.4 Å². The van der Waals surface area contributed by atoms with Crippen molar-refractivity contribution in [2.45, 2.75) is 24.2 Å². The smallest absolute Gasteiger partial charge is 0.345 e. The van der Waals surface area contributed by atoms with E-state index < -0.39 is 11.9 Å². The summed E-state index contributed by atoms with van der Waals surface area (Å²) in [5, 5.41) is 1.21. The van der Waals surface area contributed by atoms with Crippen molar-refractivity contribution in [3.05, 3.63) is 28.7 Å². The standard InChI is InChI=1S/C9H12N2O3S.C8H9ClN2O2S/c1-4-14-8(12)6-5-10-9(15-3)11-7(6)13-2;1-3-13-7(12)5-4-10-8(14-2)11-6(5)9/h5H,4H2,1-3H3;4H,3H2,1-2H3. The molecule has 0 aliphatic rings. The lowest BCUT2D eigenvalue weighted by Gasteiger charge is -2.06. The van der Waals surface area contributed by atoms with Gasteiger partial charge in [0.05, 0.1) is 20.3 Å². The van der Waals surface area contributed by atoms with Gasteiger partial charge in [-0.05, 0) is 26.4 Å². The molecule has 0 atom stereocenters. The topological polar surface area (TPSA) is 113 Å². The van der Waals surface area contributed by atoms with Crippen LogP contribution in [-0.4, -0.2) is 64.7 Å². The van der Waals surface area contributed by atoms with E-state index in [1.165, 1.54) is 43.0 Å². The van der Waals surface area contributed by atoms with E-state index >= 15 is 0 Å². The highest BCUT2D eigenvalue weighted by atomic mass is 35.5. The van der Waals surface area contributed by atoms with E-state index in [1.54, 1.807) is 13.8 Å². The van der Waals surface area contributed by atoms with Crippen molar-refractivity contribution in [1.29, 1.82) is 0 Å². The third kappa shape index (κ3) is 7.67. The number of ether oxygens (including phenoxy) is 3. The Hall–Kier alpha value is -2.11. The minimum absolute atomic E-state index is 0.128. The van der Waals surface area contributed by atoms with Crippen LogP contribution in [0.25, 0.3) is 0 Å². The lowest BCUT2D eigenvalue weighted by molar-refractivity contribution is 0.0513. The Morgan fingerprint density at radius 2 is 1.41 bits per heavy atom. The van der Waals surface area contributed by atoms with Crippen LogP contribution in [0.5, 0.6) is 5.88 Å². The summed E-state index contributed by atoms with van der Waals surface area (Å²) in [4.78, 5) is 38.6. The van der Waals surface area contributed by atoms with Gasteiger partial charge in [0.1, 0.15) is 16.3 Å². The maximum atomic E-state index is 11.4. The van der Waals surface area contributed by atoms with Crippen LogP contribution in [-0.2, 0) is 9.47 Å². The summed E-state index contributed by atoms with van der Waals surface area (Å²) < 4.78 is 14.6. The highest BCUT2D eigenvalue weighted by Gasteiger charge is 2.16. The van der Waals surface area contributed by atoms with Gasteiger partial charge in [0.2, 0.25) is 5.88 Å². The molecule has 2 aromatic rings. The lowest BCUT2D eigenvalue weighted by atomic mass is 10.3. The van der Waals surface area contributed by atoms with Gasteiger partial charge < -0.3 is 14.2 Å². The second-order valence-electron chi connectivity index (χ2n) is 4.78. The molecule has 0 aromatic carbocycles. The monoisotopic (exact) mass is 460 g/mol. The molecule has 158 valence electrons. The second kappa shape index (κ2) is 13.2. The van der Waals surface area contributed by atoms with Crippen molar-refractivity contribution in [3.63, 3.8) is 0 Å². The van der Waals surface area contributed by atoms with Crippen molar-refractivity contribution < 1.29 is 23.8 Å². The fraction of sp³-hybridized carbons (Fsp3) is 0.412. The molecule has 0 radical (unpaired) electrons. The summed E-state index contributed by atoms with van der Waals surface area (Å²) in [5.74, 6) is -0.722. The molecule has 2 heterocycles. The number of carbonyl (C=O) groups is 2. The molecule has 12 heteroatoms. The highest BCUT2D eigenvalue weighted by Crippen LogP contribution is 2.19. The molecule has 2 rings (SSSR count). The van der Waals surface area contributed by atoms with E-state index in [1.807, 2.05) is 12.5 Å². The number of carbonyl (C=O) groups excluding carboxylic acids is 2. The SMILES string of the molecule is CCOC(=O)c1cnc(SC)nc1Cl.CCOC(=O)c1cnc(SC)nc1OC. The number of hydrogen-bond donors (Lipinski definition) is 0. The van der Waals surface area contributed by atoms with Crippen LogP contribution >= 0.6 is 35.1 Å². The summed E-state index contributed by atoms with van der Waals surface area (Å²) >= 11 is 8.51. The van der Waals surface area contributed by atoms with Crippen molar-refractivity contribution in [3.8, 4) is 5.88 Å². The Labute approximate surface area is 182 Å². The normalized spacial score (nSPS) is 9.86. The fourth-order valence-corrected chi connectivity index (χ4v) is 2.67. The predicted octanol–water partition coefficient (Wildman–Crippen LogP) is 3.41.